The Morgan fingerprint density at radius 1 is 1.12 bits per heavy atom. The average Bonchev–Trinajstić information content (AvgIpc) is 3.17. The highest BCUT2D eigenvalue weighted by atomic mass is 16.5. The Kier molecular flexibility index (Phi) is 3.31. The molecule has 0 spiro atoms. The highest BCUT2D eigenvalue weighted by Gasteiger charge is 2.23. The van der Waals surface area contributed by atoms with Crippen molar-refractivity contribution in [2.75, 3.05) is 0 Å². The molecule has 0 saturated heterocycles. The third-order valence-corrected chi connectivity index (χ3v) is 4.40. The van der Waals surface area contributed by atoms with Gasteiger partial charge >= 0.3 is 0 Å². The number of imidazole rings is 1. The van der Waals surface area contributed by atoms with Gasteiger partial charge in [0.15, 0.2) is 0 Å². The van der Waals surface area contributed by atoms with Crippen molar-refractivity contribution in [1.82, 2.24) is 24.8 Å². The topological polar surface area (TPSA) is 85.3 Å². The number of nitrogens with one attached hydrogen (secondary N) is 1. The third kappa shape index (κ3) is 2.73. The van der Waals surface area contributed by atoms with Gasteiger partial charge in [-0.2, -0.15) is 4.98 Å². The smallest absolute Gasteiger partial charge is 0.259 e. The minimum atomic E-state index is -0.0403. The molecule has 1 amide bonds. The molecule has 0 atom stereocenters. The van der Waals surface area contributed by atoms with Gasteiger partial charge in [-0.3, -0.25) is 4.79 Å². The molecule has 1 fully saturated rings. The van der Waals surface area contributed by atoms with Crippen molar-refractivity contribution in [3.8, 4) is 22.8 Å². The number of fused-ring (bicyclic) bond motifs is 1. The first kappa shape index (κ1) is 14.8. The first-order valence-electron chi connectivity index (χ1n) is 8.43. The molecular formula is C19H15N5O2. The highest BCUT2D eigenvalue weighted by Crippen LogP contribution is 2.23. The first-order chi connectivity index (χ1) is 12.8. The molecule has 1 N–H and O–H groups in total. The summed E-state index contributed by atoms with van der Waals surface area (Å²) >= 11 is 0. The predicted octanol–water partition coefficient (Wildman–Crippen LogP) is 2.94. The number of hydrogen-bond donors (Lipinski definition) is 1. The fourth-order valence-electron chi connectivity index (χ4n) is 2.77. The molecule has 1 aromatic carbocycles. The van der Waals surface area contributed by atoms with Crippen LogP contribution in [0, 0.1) is 0 Å². The fourth-order valence-corrected chi connectivity index (χ4v) is 2.77. The number of pyridine rings is 1. The number of nitrogens with zero attached hydrogens (tertiary/aromatic N) is 4. The summed E-state index contributed by atoms with van der Waals surface area (Å²) in [6, 6.07) is 11.4. The molecule has 7 heteroatoms. The molecule has 5 rings (SSSR count). The van der Waals surface area contributed by atoms with Crippen molar-refractivity contribution in [1.29, 1.82) is 0 Å². The molecule has 3 aromatic heterocycles. The lowest BCUT2D eigenvalue weighted by Gasteiger charge is -2.03. The number of amides is 1. The van der Waals surface area contributed by atoms with E-state index in [0.29, 0.717) is 23.3 Å². The van der Waals surface area contributed by atoms with E-state index in [4.69, 9.17) is 4.52 Å². The molecule has 3 heterocycles. The van der Waals surface area contributed by atoms with Crippen LogP contribution in [-0.4, -0.2) is 31.5 Å². The Hall–Kier alpha value is -3.48. The second kappa shape index (κ2) is 5.80. The summed E-state index contributed by atoms with van der Waals surface area (Å²) in [5.41, 5.74) is 3.24. The summed E-state index contributed by atoms with van der Waals surface area (Å²) in [5, 5.41) is 7.02. The molecule has 1 aliphatic rings. The van der Waals surface area contributed by atoms with Crippen molar-refractivity contribution in [3.63, 3.8) is 0 Å². The number of carbonyl (C=O) groups excluding carboxylic acids is 1. The van der Waals surface area contributed by atoms with Crippen molar-refractivity contribution >= 4 is 11.4 Å². The van der Waals surface area contributed by atoms with Gasteiger partial charge in [0.2, 0.25) is 5.82 Å². The molecule has 0 bridgehead atoms. The second-order valence-corrected chi connectivity index (χ2v) is 6.39. The molecule has 26 heavy (non-hydrogen) atoms. The number of benzene rings is 1. The predicted molar refractivity (Wildman–Crippen MR) is 94.4 cm³/mol. The van der Waals surface area contributed by atoms with E-state index in [0.717, 1.165) is 29.5 Å². The summed E-state index contributed by atoms with van der Waals surface area (Å²) in [6.07, 6.45) is 7.54. The monoisotopic (exact) mass is 345 g/mol. The Balaban J connectivity index is 1.39. The van der Waals surface area contributed by atoms with Crippen LogP contribution in [0.25, 0.3) is 28.4 Å². The molecule has 4 aromatic rings. The Labute approximate surface area is 148 Å². The van der Waals surface area contributed by atoms with E-state index in [1.165, 1.54) is 0 Å². The second-order valence-electron chi connectivity index (χ2n) is 6.39. The fraction of sp³-hybridized carbons (Fsp3) is 0.158. The van der Waals surface area contributed by atoms with Crippen LogP contribution in [0.4, 0.5) is 0 Å². The minimum absolute atomic E-state index is 0.0403. The van der Waals surface area contributed by atoms with Gasteiger partial charge in [-0.15, -0.1) is 0 Å². The van der Waals surface area contributed by atoms with Gasteiger partial charge in [0, 0.05) is 23.4 Å². The van der Waals surface area contributed by atoms with Gasteiger partial charge in [0.25, 0.3) is 11.8 Å². The van der Waals surface area contributed by atoms with Gasteiger partial charge in [0.05, 0.1) is 23.6 Å². The molecule has 0 radical (unpaired) electrons. The van der Waals surface area contributed by atoms with E-state index in [2.05, 4.69) is 20.4 Å². The highest BCUT2D eigenvalue weighted by molar-refractivity contribution is 5.95. The largest absolute Gasteiger partial charge is 0.349 e. The maximum Gasteiger partial charge on any atom is 0.259 e. The lowest BCUT2D eigenvalue weighted by atomic mass is 10.1. The van der Waals surface area contributed by atoms with Gasteiger partial charge in [-0.1, -0.05) is 17.3 Å². The normalized spacial score (nSPS) is 13.8. The summed E-state index contributed by atoms with van der Waals surface area (Å²) < 4.78 is 7.29. The number of aromatic nitrogens is 4. The molecule has 128 valence electrons. The third-order valence-electron chi connectivity index (χ3n) is 4.40. The van der Waals surface area contributed by atoms with Gasteiger partial charge < -0.3 is 14.2 Å². The Morgan fingerprint density at radius 3 is 2.73 bits per heavy atom. The summed E-state index contributed by atoms with van der Waals surface area (Å²) in [5.74, 6) is 0.882. The van der Waals surface area contributed by atoms with Crippen molar-refractivity contribution < 1.29 is 9.32 Å². The number of carbonyl (C=O) groups is 1. The molecule has 7 nitrogen and oxygen atoms in total. The number of hydrogen-bond acceptors (Lipinski definition) is 5. The molecule has 1 aliphatic carbocycles. The van der Waals surface area contributed by atoms with Gasteiger partial charge in [-0.05, 0) is 37.1 Å². The molecular weight excluding hydrogens is 330 g/mol. The van der Waals surface area contributed by atoms with E-state index in [-0.39, 0.29) is 5.91 Å². The summed E-state index contributed by atoms with van der Waals surface area (Å²) in [6.45, 7) is 0. The minimum Gasteiger partial charge on any atom is -0.349 e. The zero-order valence-corrected chi connectivity index (χ0v) is 13.8. The van der Waals surface area contributed by atoms with Gasteiger partial charge in [-0.25, -0.2) is 4.98 Å². The van der Waals surface area contributed by atoms with Crippen LogP contribution in [0.1, 0.15) is 23.2 Å². The number of rotatable bonds is 4. The van der Waals surface area contributed by atoms with E-state index in [9.17, 15) is 4.79 Å². The zero-order valence-electron chi connectivity index (χ0n) is 13.8. The summed E-state index contributed by atoms with van der Waals surface area (Å²) in [7, 11) is 0. The first-order valence-corrected chi connectivity index (χ1v) is 8.43. The van der Waals surface area contributed by atoms with Crippen LogP contribution in [-0.2, 0) is 0 Å². The van der Waals surface area contributed by atoms with Crippen molar-refractivity contribution in [3.05, 3.63) is 60.7 Å². The maximum absolute atomic E-state index is 12.0. The lowest BCUT2D eigenvalue weighted by Crippen LogP contribution is -2.25. The SMILES string of the molecule is O=C(NC1CC1)c1ccc(-c2noc(-c3ccc4cncn4c3)n2)cc1. The van der Waals surface area contributed by atoms with Crippen LogP contribution in [0.2, 0.25) is 0 Å². The quantitative estimate of drug-likeness (QED) is 0.615. The van der Waals surface area contributed by atoms with E-state index >= 15 is 0 Å². The standard InChI is InChI=1S/C19H15N5O2/c25-18(21-15-6-7-15)13-3-1-12(2-4-13)17-22-19(26-23-17)14-5-8-16-9-20-11-24(16)10-14/h1-5,8-11,15H,6-7H2,(H,21,25). The molecule has 1 saturated carbocycles. The van der Waals surface area contributed by atoms with Crippen LogP contribution >= 0.6 is 0 Å². The van der Waals surface area contributed by atoms with Crippen molar-refractivity contribution in [2.24, 2.45) is 0 Å². The Morgan fingerprint density at radius 2 is 1.92 bits per heavy atom. The Bertz CT molecular complexity index is 1090. The van der Waals surface area contributed by atoms with E-state index < -0.39 is 0 Å². The maximum atomic E-state index is 12.0. The van der Waals surface area contributed by atoms with Gasteiger partial charge in [0.1, 0.15) is 0 Å². The van der Waals surface area contributed by atoms with Crippen LogP contribution in [0.3, 0.4) is 0 Å². The lowest BCUT2D eigenvalue weighted by molar-refractivity contribution is 0.0951. The van der Waals surface area contributed by atoms with E-state index in [1.54, 1.807) is 24.7 Å². The van der Waals surface area contributed by atoms with Crippen LogP contribution in [0.5, 0.6) is 0 Å². The van der Waals surface area contributed by atoms with Crippen molar-refractivity contribution in [2.45, 2.75) is 18.9 Å². The molecule has 0 aliphatic heterocycles. The van der Waals surface area contributed by atoms with E-state index in [1.807, 2.05) is 34.9 Å². The summed E-state index contributed by atoms with van der Waals surface area (Å²) in [4.78, 5) is 20.6. The zero-order chi connectivity index (χ0) is 17.5. The molecule has 0 unspecified atom stereocenters. The van der Waals surface area contributed by atoms with Crippen LogP contribution in [0.15, 0.2) is 59.6 Å². The average molecular weight is 345 g/mol. The van der Waals surface area contributed by atoms with Crippen LogP contribution < -0.4 is 5.32 Å².